The van der Waals surface area contributed by atoms with Crippen molar-refractivity contribution < 1.29 is 4.79 Å². The first kappa shape index (κ1) is 10.0. The highest BCUT2D eigenvalue weighted by Crippen LogP contribution is 2.04. The molecule has 0 saturated carbocycles. The summed E-state index contributed by atoms with van der Waals surface area (Å²) in [6, 6.07) is 8.82. The minimum Gasteiger partial charge on any atom is -0.289 e. The molecule has 0 unspecified atom stereocenters. The minimum absolute atomic E-state index is 0.157. The molecule has 0 aliphatic rings. The molecule has 70 valence electrons. The van der Waals surface area contributed by atoms with Crippen LogP contribution in [0, 0.1) is 0 Å². The molecule has 0 aliphatic carbocycles. The standard InChI is InChI=1S/C10H9N3O/c1-8(12-13-11)7-10(14)9-5-3-2-4-6-9/h2-7H,1H3/b8-7+. The molecule has 0 atom stereocenters. The van der Waals surface area contributed by atoms with Crippen molar-refractivity contribution in [3.05, 3.63) is 58.1 Å². The fraction of sp³-hybridized carbons (Fsp3) is 0.100. The Morgan fingerprint density at radius 3 is 2.64 bits per heavy atom. The summed E-state index contributed by atoms with van der Waals surface area (Å²) in [5.74, 6) is -0.157. The normalized spacial score (nSPS) is 10.5. The summed E-state index contributed by atoms with van der Waals surface area (Å²) in [5, 5.41) is 3.31. The zero-order valence-corrected chi connectivity index (χ0v) is 7.71. The van der Waals surface area contributed by atoms with Crippen LogP contribution in [-0.2, 0) is 0 Å². The molecule has 0 saturated heterocycles. The molecule has 1 aromatic rings. The van der Waals surface area contributed by atoms with E-state index in [1.54, 1.807) is 31.2 Å². The number of nitrogens with zero attached hydrogens (tertiary/aromatic N) is 3. The molecule has 0 amide bonds. The van der Waals surface area contributed by atoms with Gasteiger partial charge in [0.15, 0.2) is 5.78 Å². The van der Waals surface area contributed by atoms with Gasteiger partial charge in [0.25, 0.3) is 0 Å². The summed E-state index contributed by atoms with van der Waals surface area (Å²) in [5.41, 5.74) is 9.07. The Morgan fingerprint density at radius 1 is 1.43 bits per heavy atom. The third-order valence-electron chi connectivity index (χ3n) is 1.60. The van der Waals surface area contributed by atoms with E-state index in [4.69, 9.17) is 5.53 Å². The van der Waals surface area contributed by atoms with Gasteiger partial charge in [-0.1, -0.05) is 35.4 Å². The molecule has 14 heavy (non-hydrogen) atoms. The zero-order chi connectivity index (χ0) is 10.4. The van der Waals surface area contributed by atoms with Gasteiger partial charge in [-0.15, -0.1) is 0 Å². The largest absolute Gasteiger partial charge is 0.289 e. The number of allylic oxidation sites excluding steroid dienone is 2. The number of hydrogen-bond donors (Lipinski definition) is 0. The number of ketones is 1. The number of benzene rings is 1. The summed E-state index contributed by atoms with van der Waals surface area (Å²) >= 11 is 0. The third-order valence-corrected chi connectivity index (χ3v) is 1.60. The lowest BCUT2D eigenvalue weighted by Crippen LogP contribution is -1.93. The molecule has 1 aromatic carbocycles. The average Bonchev–Trinajstić information content (AvgIpc) is 2.19. The van der Waals surface area contributed by atoms with Crippen molar-refractivity contribution in [2.45, 2.75) is 6.92 Å². The van der Waals surface area contributed by atoms with E-state index in [-0.39, 0.29) is 5.78 Å². The first-order chi connectivity index (χ1) is 6.74. The highest BCUT2D eigenvalue weighted by atomic mass is 16.1. The number of rotatable bonds is 3. The van der Waals surface area contributed by atoms with Gasteiger partial charge in [0, 0.05) is 16.2 Å². The number of hydrogen-bond acceptors (Lipinski definition) is 2. The van der Waals surface area contributed by atoms with Gasteiger partial charge in [-0.3, -0.25) is 4.79 Å². The van der Waals surface area contributed by atoms with Crippen LogP contribution in [0.5, 0.6) is 0 Å². The van der Waals surface area contributed by atoms with E-state index in [1.165, 1.54) is 6.08 Å². The van der Waals surface area contributed by atoms with Crippen LogP contribution in [0.25, 0.3) is 10.4 Å². The predicted molar refractivity (Wildman–Crippen MR) is 53.7 cm³/mol. The Bertz CT molecular complexity index is 403. The number of azide groups is 1. The zero-order valence-electron chi connectivity index (χ0n) is 7.71. The summed E-state index contributed by atoms with van der Waals surface area (Å²) < 4.78 is 0. The van der Waals surface area contributed by atoms with Crippen molar-refractivity contribution in [1.29, 1.82) is 0 Å². The molecule has 0 aliphatic heterocycles. The number of carbonyl (C=O) groups is 1. The molecule has 0 radical (unpaired) electrons. The van der Waals surface area contributed by atoms with Crippen LogP contribution in [0.1, 0.15) is 17.3 Å². The molecule has 0 aromatic heterocycles. The molecule has 4 heteroatoms. The van der Waals surface area contributed by atoms with Crippen molar-refractivity contribution in [3.63, 3.8) is 0 Å². The molecule has 4 nitrogen and oxygen atoms in total. The Hall–Kier alpha value is -2.06. The summed E-state index contributed by atoms with van der Waals surface area (Å²) in [4.78, 5) is 14.1. The molecule has 0 N–H and O–H groups in total. The smallest absolute Gasteiger partial charge is 0.185 e. The second-order valence-corrected chi connectivity index (χ2v) is 2.71. The Balaban J connectivity index is 2.88. The van der Waals surface area contributed by atoms with Gasteiger partial charge in [0.2, 0.25) is 0 Å². The lowest BCUT2D eigenvalue weighted by molar-refractivity contribution is 0.104. The van der Waals surface area contributed by atoms with Gasteiger partial charge in [-0.2, -0.15) is 0 Å². The third kappa shape index (κ3) is 2.77. The summed E-state index contributed by atoms with van der Waals surface area (Å²) in [6.07, 6.45) is 1.31. The molecular weight excluding hydrogens is 178 g/mol. The first-order valence-electron chi connectivity index (χ1n) is 4.07. The second-order valence-electron chi connectivity index (χ2n) is 2.71. The van der Waals surface area contributed by atoms with E-state index in [2.05, 4.69) is 10.0 Å². The second kappa shape index (κ2) is 4.84. The predicted octanol–water partition coefficient (Wildman–Crippen LogP) is 3.08. The fourth-order valence-corrected chi connectivity index (χ4v) is 0.975. The summed E-state index contributed by atoms with van der Waals surface area (Å²) in [7, 11) is 0. The molecule has 1 rings (SSSR count). The monoisotopic (exact) mass is 187 g/mol. The molecule has 0 fully saturated rings. The van der Waals surface area contributed by atoms with E-state index in [1.807, 2.05) is 6.07 Å². The molecule has 0 heterocycles. The highest BCUT2D eigenvalue weighted by molar-refractivity contribution is 6.04. The van der Waals surface area contributed by atoms with Crippen molar-refractivity contribution >= 4 is 5.78 Å². The van der Waals surface area contributed by atoms with Gasteiger partial charge in [0.1, 0.15) is 0 Å². The maximum atomic E-state index is 11.5. The molecule has 0 bridgehead atoms. The van der Waals surface area contributed by atoms with Gasteiger partial charge < -0.3 is 0 Å². The minimum atomic E-state index is -0.157. The highest BCUT2D eigenvalue weighted by Gasteiger charge is 2.00. The maximum Gasteiger partial charge on any atom is 0.185 e. The lowest BCUT2D eigenvalue weighted by atomic mass is 10.1. The van der Waals surface area contributed by atoms with Gasteiger partial charge in [-0.25, -0.2) is 0 Å². The Morgan fingerprint density at radius 2 is 2.07 bits per heavy atom. The summed E-state index contributed by atoms with van der Waals surface area (Å²) in [6.45, 7) is 1.58. The van der Waals surface area contributed by atoms with E-state index in [9.17, 15) is 4.79 Å². The van der Waals surface area contributed by atoms with E-state index >= 15 is 0 Å². The van der Waals surface area contributed by atoms with Gasteiger partial charge in [0.05, 0.1) is 0 Å². The van der Waals surface area contributed by atoms with Crippen LogP contribution >= 0.6 is 0 Å². The Labute approximate surface area is 81.5 Å². The van der Waals surface area contributed by atoms with Crippen LogP contribution in [0.15, 0.2) is 47.2 Å². The van der Waals surface area contributed by atoms with E-state index in [0.717, 1.165) is 0 Å². The van der Waals surface area contributed by atoms with Crippen LogP contribution in [0.2, 0.25) is 0 Å². The van der Waals surface area contributed by atoms with Crippen LogP contribution < -0.4 is 0 Å². The topological polar surface area (TPSA) is 65.8 Å². The number of carbonyl (C=O) groups excluding carboxylic acids is 1. The fourth-order valence-electron chi connectivity index (χ4n) is 0.975. The SMILES string of the molecule is C/C(=C\C(=O)c1ccccc1)N=[N+]=[N-]. The van der Waals surface area contributed by atoms with Crippen molar-refractivity contribution in [1.82, 2.24) is 0 Å². The van der Waals surface area contributed by atoms with Crippen molar-refractivity contribution in [2.75, 3.05) is 0 Å². The molecule has 0 spiro atoms. The maximum absolute atomic E-state index is 11.5. The Kier molecular flexibility index (Phi) is 3.47. The lowest BCUT2D eigenvalue weighted by Gasteiger charge is -1.94. The van der Waals surface area contributed by atoms with Crippen LogP contribution in [0.4, 0.5) is 0 Å². The first-order valence-corrected chi connectivity index (χ1v) is 4.07. The van der Waals surface area contributed by atoms with Crippen LogP contribution in [0.3, 0.4) is 0 Å². The quantitative estimate of drug-likeness (QED) is 0.236. The van der Waals surface area contributed by atoms with E-state index in [0.29, 0.717) is 11.3 Å². The van der Waals surface area contributed by atoms with E-state index < -0.39 is 0 Å². The van der Waals surface area contributed by atoms with Crippen LogP contribution in [-0.4, -0.2) is 5.78 Å². The molecular formula is C10H9N3O. The van der Waals surface area contributed by atoms with Gasteiger partial charge >= 0.3 is 0 Å². The average molecular weight is 187 g/mol. The van der Waals surface area contributed by atoms with Gasteiger partial charge in [-0.05, 0) is 18.5 Å². The van der Waals surface area contributed by atoms with Crippen molar-refractivity contribution in [2.24, 2.45) is 5.11 Å². The van der Waals surface area contributed by atoms with Crippen molar-refractivity contribution in [3.8, 4) is 0 Å².